The Hall–Kier alpha value is -3.14. The van der Waals surface area contributed by atoms with E-state index in [1.54, 1.807) is 0 Å². The van der Waals surface area contributed by atoms with Gasteiger partial charge in [-0.3, -0.25) is 9.05 Å². The lowest BCUT2D eigenvalue weighted by Gasteiger charge is -2.20. The summed E-state index contributed by atoms with van der Waals surface area (Å²) in [7, 11) is -3.58. The van der Waals surface area contributed by atoms with Gasteiger partial charge in [-0.15, -0.1) is 0 Å². The van der Waals surface area contributed by atoms with Crippen molar-refractivity contribution in [1.82, 2.24) is 0 Å². The van der Waals surface area contributed by atoms with E-state index in [4.69, 9.17) is 27.1 Å². The van der Waals surface area contributed by atoms with Crippen LogP contribution in [0.2, 0.25) is 0 Å². The van der Waals surface area contributed by atoms with Gasteiger partial charge in [0.1, 0.15) is 23.0 Å². The maximum Gasteiger partial charge on any atom is 0.465 e. The summed E-state index contributed by atoms with van der Waals surface area (Å²) in [6.45, 7) is -0.156. The lowest BCUT2D eigenvalue weighted by Crippen LogP contribution is -2.06. The Kier molecular flexibility index (Phi) is 8.92. The van der Waals surface area contributed by atoms with Crippen LogP contribution in [0.4, 0.5) is 0 Å². The quantitative estimate of drug-likeness (QED) is 0.153. The molecule has 6 nitrogen and oxygen atoms in total. The van der Waals surface area contributed by atoms with Gasteiger partial charge in [-0.2, -0.15) is 0 Å². The predicted molar refractivity (Wildman–Crippen MR) is 129 cm³/mol. The Morgan fingerprint density at radius 3 is 0.848 bits per heavy atom. The Bertz CT molecular complexity index is 885. The molecule has 0 radical (unpaired) electrons. The molecule has 0 aliphatic heterocycles. The first-order valence-corrected chi connectivity index (χ1v) is 12.3. The highest BCUT2D eigenvalue weighted by molar-refractivity contribution is 7.43. The molecule has 0 fully saturated rings. The fourth-order valence-electron chi connectivity index (χ4n) is 2.52. The van der Waals surface area contributed by atoms with Gasteiger partial charge in [-0.05, 0) is 48.5 Å². The highest BCUT2D eigenvalue weighted by Crippen LogP contribution is 2.45. The normalized spacial score (nSPS) is 10.7. The molecule has 0 unspecified atom stereocenters. The minimum absolute atomic E-state index is 0.156. The van der Waals surface area contributed by atoms with Crippen molar-refractivity contribution in [3.63, 3.8) is 0 Å². The molecule has 0 spiro atoms. The maximum absolute atomic E-state index is 5.90. The highest BCUT2D eigenvalue weighted by atomic mass is 31.2. The topological polar surface area (TPSA) is 55.4 Å². The lowest BCUT2D eigenvalue weighted by atomic mass is 10.3. The molecule has 0 aliphatic carbocycles. The van der Waals surface area contributed by atoms with E-state index in [1.807, 2.05) is 121 Å². The second-order valence-corrected chi connectivity index (χ2v) is 8.58. The summed E-state index contributed by atoms with van der Waals surface area (Å²) in [5, 5.41) is 0. The maximum atomic E-state index is 5.90. The molecule has 168 valence electrons. The second-order valence-electron chi connectivity index (χ2n) is 6.44. The van der Waals surface area contributed by atoms with Crippen LogP contribution in [0.1, 0.15) is 0 Å². The summed E-state index contributed by atoms with van der Waals surface area (Å²) >= 11 is 0. The molecule has 4 aromatic carbocycles. The van der Waals surface area contributed by atoms with Crippen LogP contribution < -0.4 is 18.1 Å². The smallest absolute Gasteiger partial charge is 0.418 e. The number of rotatable bonds is 12. The third-order valence-electron chi connectivity index (χ3n) is 4.01. The van der Waals surface area contributed by atoms with Gasteiger partial charge in [0, 0.05) is 0 Å². The zero-order valence-electron chi connectivity index (χ0n) is 17.6. The Labute approximate surface area is 195 Å². The van der Waals surface area contributed by atoms with Crippen molar-refractivity contribution < 1.29 is 27.1 Å². The molecule has 0 aliphatic rings. The van der Waals surface area contributed by atoms with E-state index in [9.17, 15) is 0 Å². The molecule has 33 heavy (non-hydrogen) atoms. The van der Waals surface area contributed by atoms with Crippen LogP contribution in [0.25, 0.3) is 0 Å². The van der Waals surface area contributed by atoms with Crippen molar-refractivity contribution >= 4 is 17.2 Å². The van der Waals surface area contributed by atoms with Crippen LogP contribution >= 0.6 is 17.2 Å². The van der Waals surface area contributed by atoms with Crippen molar-refractivity contribution in [2.75, 3.05) is 6.79 Å². The molecule has 0 bridgehead atoms. The highest BCUT2D eigenvalue weighted by Gasteiger charge is 2.22. The molecular formula is C25H22O6P2. The van der Waals surface area contributed by atoms with Gasteiger partial charge < -0.3 is 18.1 Å². The van der Waals surface area contributed by atoms with Gasteiger partial charge in [-0.1, -0.05) is 72.8 Å². The summed E-state index contributed by atoms with van der Waals surface area (Å²) in [5.41, 5.74) is 0. The van der Waals surface area contributed by atoms with Crippen molar-refractivity contribution in [2.24, 2.45) is 0 Å². The zero-order chi connectivity index (χ0) is 22.6. The van der Waals surface area contributed by atoms with Crippen molar-refractivity contribution in [1.29, 1.82) is 0 Å². The molecule has 0 saturated carbocycles. The van der Waals surface area contributed by atoms with Crippen molar-refractivity contribution in [3.05, 3.63) is 121 Å². The molecule has 0 atom stereocenters. The third-order valence-corrected chi connectivity index (χ3v) is 6.08. The lowest BCUT2D eigenvalue weighted by molar-refractivity contribution is 0.0991. The second kappa shape index (κ2) is 12.8. The van der Waals surface area contributed by atoms with Gasteiger partial charge in [-0.25, -0.2) is 0 Å². The zero-order valence-corrected chi connectivity index (χ0v) is 19.4. The average molecular weight is 480 g/mol. The Balaban J connectivity index is 1.40. The molecule has 0 aromatic heterocycles. The van der Waals surface area contributed by atoms with Crippen LogP contribution in [0, 0.1) is 0 Å². The van der Waals surface area contributed by atoms with Gasteiger partial charge in [0.15, 0.2) is 6.79 Å². The van der Waals surface area contributed by atoms with E-state index >= 15 is 0 Å². The van der Waals surface area contributed by atoms with Gasteiger partial charge in [0.2, 0.25) is 0 Å². The minimum atomic E-state index is -1.79. The summed E-state index contributed by atoms with van der Waals surface area (Å²) in [5.74, 6) is 2.51. The largest absolute Gasteiger partial charge is 0.465 e. The molecule has 4 rings (SSSR count). The summed E-state index contributed by atoms with van der Waals surface area (Å²) in [6, 6.07) is 37.3. The van der Waals surface area contributed by atoms with E-state index in [-0.39, 0.29) is 6.79 Å². The van der Waals surface area contributed by atoms with E-state index in [0.717, 1.165) is 0 Å². The number of hydrogen-bond donors (Lipinski definition) is 0. The molecule has 0 heterocycles. The minimum Gasteiger partial charge on any atom is -0.418 e. The SMILES string of the molecule is c1ccc(OP(OCOP(Oc2ccccc2)Oc2ccccc2)Oc2ccccc2)cc1. The van der Waals surface area contributed by atoms with Crippen LogP contribution in [-0.2, 0) is 9.05 Å². The molecule has 4 aromatic rings. The standard InChI is InChI=1S/C25H22O6P2/c1-5-13-22(14-6-1)28-32(29-23-15-7-2-8-16-23)26-21-27-33(30-24-17-9-3-10-18-24)31-25-19-11-4-12-20-25/h1-20H,21H2. The van der Waals surface area contributed by atoms with Crippen LogP contribution in [-0.4, -0.2) is 6.79 Å². The van der Waals surface area contributed by atoms with E-state index < -0.39 is 17.2 Å². The average Bonchev–Trinajstić information content (AvgIpc) is 2.86. The monoisotopic (exact) mass is 480 g/mol. The van der Waals surface area contributed by atoms with Crippen LogP contribution in [0.5, 0.6) is 23.0 Å². The number of benzene rings is 4. The Morgan fingerprint density at radius 2 is 0.606 bits per heavy atom. The summed E-state index contributed by atoms with van der Waals surface area (Å²) in [4.78, 5) is 0. The Morgan fingerprint density at radius 1 is 0.364 bits per heavy atom. The first kappa shape index (κ1) is 23.0. The summed E-state index contributed by atoms with van der Waals surface area (Å²) < 4.78 is 35.2. The predicted octanol–water partition coefficient (Wildman–Crippen LogP) is 7.75. The number of hydrogen-bond acceptors (Lipinski definition) is 6. The fraction of sp³-hybridized carbons (Fsp3) is 0.0400. The molecule has 0 N–H and O–H groups in total. The van der Waals surface area contributed by atoms with Crippen LogP contribution in [0.3, 0.4) is 0 Å². The molecule has 8 heteroatoms. The third kappa shape index (κ3) is 8.05. The number of para-hydroxylation sites is 4. The van der Waals surface area contributed by atoms with Crippen molar-refractivity contribution in [2.45, 2.75) is 0 Å². The van der Waals surface area contributed by atoms with E-state index in [0.29, 0.717) is 23.0 Å². The molecule has 0 amide bonds. The first-order chi connectivity index (χ1) is 16.3. The fourth-order valence-corrected chi connectivity index (χ4v) is 4.34. The van der Waals surface area contributed by atoms with Gasteiger partial charge >= 0.3 is 17.2 Å². The molecule has 0 saturated heterocycles. The van der Waals surface area contributed by atoms with Crippen molar-refractivity contribution in [3.8, 4) is 23.0 Å². The molecular weight excluding hydrogens is 458 g/mol. The van der Waals surface area contributed by atoms with E-state index in [2.05, 4.69) is 0 Å². The van der Waals surface area contributed by atoms with Crippen LogP contribution in [0.15, 0.2) is 121 Å². The van der Waals surface area contributed by atoms with E-state index in [1.165, 1.54) is 0 Å². The summed E-state index contributed by atoms with van der Waals surface area (Å²) in [6.07, 6.45) is 0. The van der Waals surface area contributed by atoms with Gasteiger partial charge in [0.05, 0.1) is 0 Å². The first-order valence-electron chi connectivity index (χ1n) is 10.1. The van der Waals surface area contributed by atoms with Gasteiger partial charge in [0.25, 0.3) is 0 Å².